The highest BCUT2D eigenvalue weighted by Gasteiger charge is 2.19. The summed E-state index contributed by atoms with van der Waals surface area (Å²) in [5.74, 6) is 5.78. The summed E-state index contributed by atoms with van der Waals surface area (Å²) in [6.45, 7) is 3.94. The van der Waals surface area contributed by atoms with E-state index in [1.54, 1.807) is 11.6 Å². The Bertz CT molecular complexity index is 695. The van der Waals surface area contributed by atoms with Crippen LogP contribution in [0.1, 0.15) is 26.3 Å². The number of imidazole rings is 1. The molecular formula is C10H16N6O2. The van der Waals surface area contributed by atoms with E-state index >= 15 is 0 Å². The first kappa shape index (κ1) is 12.4. The maximum atomic E-state index is 11.9. The van der Waals surface area contributed by atoms with Gasteiger partial charge in [0.15, 0.2) is 11.2 Å². The molecule has 0 amide bonds. The van der Waals surface area contributed by atoms with Crippen molar-refractivity contribution in [2.45, 2.75) is 26.3 Å². The summed E-state index contributed by atoms with van der Waals surface area (Å²) < 4.78 is 2.99. The smallest absolute Gasteiger partial charge is 0.300 e. The highest BCUT2D eigenvalue weighted by Crippen LogP contribution is 2.22. The van der Waals surface area contributed by atoms with E-state index in [2.05, 4.69) is 15.4 Å². The summed E-state index contributed by atoms with van der Waals surface area (Å²) in [4.78, 5) is 29.9. The molecule has 4 N–H and O–H groups in total. The van der Waals surface area contributed by atoms with Gasteiger partial charge < -0.3 is 4.57 Å². The lowest BCUT2D eigenvalue weighted by molar-refractivity contribution is 0.547. The Hall–Kier alpha value is -2.09. The van der Waals surface area contributed by atoms with Crippen LogP contribution in [0.5, 0.6) is 0 Å². The minimum absolute atomic E-state index is 0.0413. The number of hydrazine groups is 1. The fourth-order valence-corrected chi connectivity index (χ4v) is 1.92. The summed E-state index contributed by atoms with van der Waals surface area (Å²) in [6.07, 6.45) is 0.808. The summed E-state index contributed by atoms with van der Waals surface area (Å²) in [5.41, 5.74) is 2.17. The van der Waals surface area contributed by atoms with Crippen molar-refractivity contribution in [1.82, 2.24) is 19.1 Å². The largest absolute Gasteiger partial charge is 0.329 e. The van der Waals surface area contributed by atoms with Crippen molar-refractivity contribution < 1.29 is 0 Å². The van der Waals surface area contributed by atoms with Crippen LogP contribution >= 0.6 is 0 Å². The zero-order chi connectivity index (χ0) is 13.4. The summed E-state index contributed by atoms with van der Waals surface area (Å²) in [5, 5.41) is 0. The first-order chi connectivity index (χ1) is 8.51. The average molecular weight is 252 g/mol. The van der Waals surface area contributed by atoms with E-state index in [1.807, 2.05) is 13.8 Å². The number of nitrogens with zero attached hydrogens (tertiary/aromatic N) is 3. The Balaban J connectivity index is 2.96. The van der Waals surface area contributed by atoms with Gasteiger partial charge in [-0.3, -0.25) is 19.8 Å². The molecule has 0 aliphatic rings. The third-order valence-electron chi connectivity index (χ3n) is 3.11. The number of fused-ring (bicyclic) bond motifs is 1. The van der Waals surface area contributed by atoms with Crippen molar-refractivity contribution in [3.8, 4) is 0 Å². The molecule has 0 saturated heterocycles. The Morgan fingerprint density at radius 2 is 2.17 bits per heavy atom. The lowest BCUT2D eigenvalue weighted by Gasteiger charge is -2.14. The molecule has 0 radical (unpaired) electrons. The van der Waals surface area contributed by atoms with E-state index in [0.29, 0.717) is 17.1 Å². The van der Waals surface area contributed by atoms with Gasteiger partial charge in [0.05, 0.1) is 0 Å². The number of H-pyrrole nitrogens is 1. The number of nitrogens with one attached hydrogen (secondary N) is 2. The van der Waals surface area contributed by atoms with Crippen molar-refractivity contribution in [3.05, 3.63) is 20.8 Å². The molecule has 0 fully saturated rings. The quantitative estimate of drug-likeness (QED) is 0.512. The first-order valence-electron chi connectivity index (χ1n) is 5.69. The van der Waals surface area contributed by atoms with Crippen LogP contribution in [-0.4, -0.2) is 19.1 Å². The highest BCUT2D eigenvalue weighted by atomic mass is 16.2. The van der Waals surface area contributed by atoms with Gasteiger partial charge in [-0.15, -0.1) is 0 Å². The van der Waals surface area contributed by atoms with Crippen LogP contribution in [-0.2, 0) is 7.05 Å². The Morgan fingerprint density at radius 3 is 2.72 bits per heavy atom. The monoisotopic (exact) mass is 252 g/mol. The molecule has 1 unspecified atom stereocenters. The van der Waals surface area contributed by atoms with Gasteiger partial charge in [0.2, 0.25) is 5.95 Å². The average Bonchev–Trinajstić information content (AvgIpc) is 2.75. The minimum atomic E-state index is -0.495. The Kier molecular flexibility index (Phi) is 2.95. The zero-order valence-electron chi connectivity index (χ0n) is 10.5. The lowest BCUT2D eigenvalue weighted by Crippen LogP contribution is -2.29. The number of rotatable bonds is 3. The molecule has 0 bridgehead atoms. The van der Waals surface area contributed by atoms with Gasteiger partial charge in [0.25, 0.3) is 5.56 Å². The summed E-state index contributed by atoms with van der Waals surface area (Å²) >= 11 is 0. The topological polar surface area (TPSA) is 111 Å². The van der Waals surface area contributed by atoms with Crippen molar-refractivity contribution >= 4 is 17.1 Å². The molecule has 2 aromatic rings. The van der Waals surface area contributed by atoms with Crippen LogP contribution in [0.25, 0.3) is 11.2 Å². The van der Waals surface area contributed by atoms with Crippen LogP contribution in [0.3, 0.4) is 0 Å². The van der Waals surface area contributed by atoms with Gasteiger partial charge in [0.1, 0.15) is 0 Å². The molecule has 0 spiro atoms. The van der Waals surface area contributed by atoms with Gasteiger partial charge in [0, 0.05) is 13.1 Å². The number of aromatic amines is 1. The molecule has 2 heterocycles. The van der Waals surface area contributed by atoms with Crippen LogP contribution in [0.15, 0.2) is 9.59 Å². The molecule has 98 valence electrons. The maximum Gasteiger partial charge on any atom is 0.329 e. The van der Waals surface area contributed by atoms with E-state index in [1.165, 1.54) is 4.57 Å². The van der Waals surface area contributed by atoms with E-state index in [4.69, 9.17) is 5.84 Å². The molecule has 0 aliphatic carbocycles. The van der Waals surface area contributed by atoms with Crippen LogP contribution < -0.4 is 22.5 Å². The summed E-state index contributed by atoms with van der Waals surface area (Å²) in [6, 6.07) is 0.0413. The molecular weight excluding hydrogens is 236 g/mol. The SMILES string of the molecule is CCC(C)n1c(NN)nc2c1c(=O)[nH]c(=O)n2C. The molecule has 8 heteroatoms. The second kappa shape index (κ2) is 4.30. The Labute approximate surface area is 102 Å². The first-order valence-corrected chi connectivity index (χ1v) is 5.69. The molecule has 2 aromatic heterocycles. The van der Waals surface area contributed by atoms with Crippen LogP contribution in [0.4, 0.5) is 5.95 Å². The molecule has 0 saturated carbocycles. The van der Waals surface area contributed by atoms with Gasteiger partial charge in [-0.05, 0) is 13.3 Å². The summed E-state index contributed by atoms with van der Waals surface area (Å²) in [7, 11) is 1.55. The van der Waals surface area contributed by atoms with Gasteiger partial charge in [-0.25, -0.2) is 10.6 Å². The van der Waals surface area contributed by atoms with Gasteiger partial charge in [-0.1, -0.05) is 6.92 Å². The van der Waals surface area contributed by atoms with Crippen LogP contribution in [0.2, 0.25) is 0 Å². The number of hydrogen-bond donors (Lipinski definition) is 3. The minimum Gasteiger partial charge on any atom is -0.300 e. The molecule has 18 heavy (non-hydrogen) atoms. The van der Waals surface area contributed by atoms with Crippen molar-refractivity contribution in [1.29, 1.82) is 0 Å². The second-order valence-electron chi connectivity index (χ2n) is 4.20. The second-order valence-corrected chi connectivity index (χ2v) is 4.20. The molecule has 2 rings (SSSR count). The normalized spacial score (nSPS) is 12.9. The van der Waals surface area contributed by atoms with E-state index in [-0.39, 0.29) is 6.04 Å². The number of nitrogen functional groups attached to an aromatic ring is 1. The lowest BCUT2D eigenvalue weighted by atomic mass is 10.2. The third-order valence-corrected chi connectivity index (χ3v) is 3.11. The number of anilines is 1. The fraction of sp³-hybridized carbons (Fsp3) is 0.500. The molecule has 1 atom stereocenters. The predicted octanol–water partition coefficient (Wildman–Crippen LogP) is -0.320. The van der Waals surface area contributed by atoms with E-state index in [9.17, 15) is 9.59 Å². The van der Waals surface area contributed by atoms with Crippen molar-refractivity contribution in [2.24, 2.45) is 12.9 Å². The third kappa shape index (κ3) is 1.61. The predicted molar refractivity (Wildman–Crippen MR) is 68.4 cm³/mol. The number of aromatic nitrogens is 4. The van der Waals surface area contributed by atoms with E-state index < -0.39 is 11.2 Å². The number of aryl methyl sites for hydroxylation is 1. The molecule has 0 aliphatic heterocycles. The van der Waals surface area contributed by atoms with Gasteiger partial charge in [-0.2, -0.15) is 4.98 Å². The highest BCUT2D eigenvalue weighted by molar-refractivity contribution is 5.74. The number of hydrogen-bond acceptors (Lipinski definition) is 5. The molecule has 8 nitrogen and oxygen atoms in total. The number of nitrogens with two attached hydrogens (primary N) is 1. The van der Waals surface area contributed by atoms with E-state index in [0.717, 1.165) is 6.42 Å². The maximum absolute atomic E-state index is 11.9. The standard InChI is InChI=1S/C10H16N6O2/c1-4-5(2)16-6-7(12-9(16)14-11)15(3)10(18)13-8(6)17/h5H,4,11H2,1-3H3,(H,12,14)(H,13,17,18). The fourth-order valence-electron chi connectivity index (χ4n) is 1.92. The zero-order valence-corrected chi connectivity index (χ0v) is 10.5. The van der Waals surface area contributed by atoms with Crippen molar-refractivity contribution in [2.75, 3.05) is 5.43 Å². The van der Waals surface area contributed by atoms with Crippen molar-refractivity contribution in [3.63, 3.8) is 0 Å². The van der Waals surface area contributed by atoms with Gasteiger partial charge >= 0.3 is 5.69 Å². The van der Waals surface area contributed by atoms with Crippen LogP contribution in [0, 0.1) is 0 Å². The molecule has 0 aromatic carbocycles. The Morgan fingerprint density at radius 1 is 1.50 bits per heavy atom.